The van der Waals surface area contributed by atoms with Gasteiger partial charge in [-0.15, -0.1) is 0 Å². The summed E-state index contributed by atoms with van der Waals surface area (Å²) in [7, 11) is 0. The molecule has 144 valence electrons. The van der Waals surface area contributed by atoms with Crippen molar-refractivity contribution in [3.05, 3.63) is 29.3 Å². The normalized spacial score (nSPS) is 11.7. The Balaban J connectivity index is 2.56. The average Bonchev–Trinajstić information content (AvgIpc) is 2.57. The summed E-state index contributed by atoms with van der Waals surface area (Å²) < 4.78 is 45.2. The van der Waals surface area contributed by atoms with Crippen LogP contribution in [0, 0.1) is 0 Å². The maximum atomic E-state index is 13.3. The lowest BCUT2D eigenvalue weighted by Crippen LogP contribution is -2.16. The van der Waals surface area contributed by atoms with Crippen LogP contribution in [0.2, 0.25) is 0 Å². The van der Waals surface area contributed by atoms with E-state index in [4.69, 9.17) is 9.84 Å². The fraction of sp³-hybridized carbons (Fsp3) is 0.684. The van der Waals surface area contributed by atoms with Crippen LogP contribution in [-0.4, -0.2) is 24.9 Å². The summed E-state index contributed by atoms with van der Waals surface area (Å²) in [6.45, 7) is 3.59. The van der Waals surface area contributed by atoms with Gasteiger partial charge in [-0.05, 0) is 43.5 Å². The molecule has 0 saturated heterocycles. The van der Waals surface area contributed by atoms with E-state index in [-0.39, 0.29) is 12.4 Å². The van der Waals surface area contributed by atoms with Crippen molar-refractivity contribution in [1.82, 2.24) is 5.32 Å². The number of halogens is 3. The highest BCUT2D eigenvalue weighted by Gasteiger charge is 2.34. The first-order valence-electron chi connectivity index (χ1n) is 9.13. The van der Waals surface area contributed by atoms with E-state index in [1.54, 1.807) is 6.07 Å². The molecule has 0 radical (unpaired) electrons. The molecule has 0 heterocycles. The van der Waals surface area contributed by atoms with Gasteiger partial charge >= 0.3 is 6.18 Å². The van der Waals surface area contributed by atoms with E-state index in [1.807, 2.05) is 0 Å². The van der Waals surface area contributed by atoms with Crippen LogP contribution in [0.1, 0.15) is 63.0 Å². The molecule has 3 nitrogen and oxygen atoms in total. The molecular weight excluding hydrogens is 331 g/mol. The number of unbranched alkanes of at least 4 members (excludes halogenated alkanes) is 5. The summed E-state index contributed by atoms with van der Waals surface area (Å²) in [5.74, 6) is -0.0907. The van der Waals surface area contributed by atoms with E-state index < -0.39 is 11.7 Å². The van der Waals surface area contributed by atoms with E-state index in [0.29, 0.717) is 31.7 Å². The van der Waals surface area contributed by atoms with Gasteiger partial charge in [0.15, 0.2) is 0 Å². The first kappa shape index (κ1) is 21.8. The molecule has 0 atom stereocenters. The number of aliphatic hydroxyl groups excluding tert-OH is 1. The van der Waals surface area contributed by atoms with Crippen LogP contribution in [0.15, 0.2) is 18.2 Å². The number of nitrogens with one attached hydrogen (secondary N) is 1. The topological polar surface area (TPSA) is 41.5 Å². The van der Waals surface area contributed by atoms with Crippen molar-refractivity contribution in [3.8, 4) is 5.75 Å². The first-order chi connectivity index (χ1) is 12.0. The molecule has 0 aromatic heterocycles. The van der Waals surface area contributed by atoms with Gasteiger partial charge in [-0.1, -0.05) is 38.7 Å². The van der Waals surface area contributed by atoms with Gasteiger partial charge in [-0.25, -0.2) is 0 Å². The summed E-state index contributed by atoms with van der Waals surface area (Å²) >= 11 is 0. The van der Waals surface area contributed by atoms with Crippen molar-refractivity contribution in [2.75, 3.05) is 19.8 Å². The van der Waals surface area contributed by atoms with E-state index >= 15 is 0 Å². The SMILES string of the molecule is CCCCCCCOc1ccc(CNCCCCO)cc1C(F)(F)F. The second-order valence-corrected chi connectivity index (χ2v) is 6.20. The number of hydrogen-bond acceptors (Lipinski definition) is 3. The second kappa shape index (κ2) is 12.1. The summed E-state index contributed by atoms with van der Waals surface area (Å²) in [5, 5.41) is 11.8. The zero-order valence-corrected chi connectivity index (χ0v) is 15.0. The van der Waals surface area contributed by atoms with Gasteiger partial charge in [0, 0.05) is 13.2 Å². The summed E-state index contributed by atoms with van der Waals surface area (Å²) in [5.41, 5.74) is -0.137. The molecule has 6 heteroatoms. The molecule has 1 aromatic carbocycles. The fourth-order valence-corrected chi connectivity index (χ4v) is 2.52. The Bertz CT molecular complexity index is 478. The molecule has 0 aliphatic rings. The number of alkyl halides is 3. The molecule has 0 spiro atoms. The predicted octanol–water partition coefficient (Wildman–Crippen LogP) is 4.92. The second-order valence-electron chi connectivity index (χ2n) is 6.20. The highest BCUT2D eigenvalue weighted by Crippen LogP contribution is 2.37. The van der Waals surface area contributed by atoms with E-state index in [0.717, 1.165) is 44.6 Å². The molecule has 0 amide bonds. The number of aliphatic hydroxyl groups is 1. The molecular formula is C19H30F3NO2. The lowest BCUT2D eigenvalue weighted by Gasteiger charge is -2.16. The van der Waals surface area contributed by atoms with Crippen LogP contribution in [-0.2, 0) is 12.7 Å². The van der Waals surface area contributed by atoms with Gasteiger partial charge in [0.25, 0.3) is 0 Å². The van der Waals surface area contributed by atoms with Crippen molar-refractivity contribution in [1.29, 1.82) is 0 Å². The minimum absolute atomic E-state index is 0.0907. The quantitative estimate of drug-likeness (QED) is 0.490. The Kier molecular flexibility index (Phi) is 10.6. The van der Waals surface area contributed by atoms with Gasteiger partial charge in [0.05, 0.1) is 12.2 Å². The molecule has 2 N–H and O–H groups in total. The molecule has 0 aliphatic carbocycles. The lowest BCUT2D eigenvalue weighted by molar-refractivity contribution is -0.139. The maximum Gasteiger partial charge on any atom is 0.419 e. The molecule has 0 saturated carbocycles. The smallest absolute Gasteiger partial charge is 0.419 e. The molecule has 0 fully saturated rings. The minimum atomic E-state index is -4.43. The Morgan fingerprint density at radius 2 is 1.80 bits per heavy atom. The Morgan fingerprint density at radius 1 is 1.04 bits per heavy atom. The Morgan fingerprint density at radius 3 is 2.48 bits per heavy atom. The minimum Gasteiger partial charge on any atom is -0.493 e. The first-order valence-corrected chi connectivity index (χ1v) is 9.13. The third kappa shape index (κ3) is 9.12. The van der Waals surface area contributed by atoms with Crippen molar-refractivity contribution < 1.29 is 23.0 Å². The van der Waals surface area contributed by atoms with Gasteiger partial charge in [-0.3, -0.25) is 0 Å². The molecule has 25 heavy (non-hydrogen) atoms. The van der Waals surface area contributed by atoms with Crippen LogP contribution in [0.5, 0.6) is 5.75 Å². The summed E-state index contributed by atoms with van der Waals surface area (Å²) in [6.07, 6.45) is 2.17. The average molecular weight is 361 g/mol. The Hall–Kier alpha value is -1.27. The lowest BCUT2D eigenvalue weighted by atomic mass is 10.1. The van der Waals surface area contributed by atoms with E-state index in [1.165, 1.54) is 6.07 Å². The zero-order chi connectivity index (χ0) is 18.5. The molecule has 0 bridgehead atoms. The standard InChI is InChI=1S/C19H30F3NO2/c1-2-3-4-5-8-13-25-18-10-9-16(14-17(18)19(20,21)22)15-23-11-6-7-12-24/h9-10,14,23-24H,2-8,11-13,15H2,1H3. The molecule has 0 aliphatic heterocycles. The number of benzene rings is 1. The van der Waals surface area contributed by atoms with Gasteiger partial charge in [0.2, 0.25) is 0 Å². The van der Waals surface area contributed by atoms with Crippen molar-refractivity contribution in [3.63, 3.8) is 0 Å². The summed E-state index contributed by atoms with van der Waals surface area (Å²) in [6, 6.07) is 4.24. The molecule has 0 unspecified atom stereocenters. The fourth-order valence-electron chi connectivity index (χ4n) is 2.52. The molecule has 1 rings (SSSR count). The largest absolute Gasteiger partial charge is 0.493 e. The van der Waals surface area contributed by atoms with Gasteiger partial charge < -0.3 is 15.2 Å². The number of rotatable bonds is 13. The summed E-state index contributed by atoms with van der Waals surface area (Å²) in [4.78, 5) is 0. The Labute approximate surface area is 148 Å². The van der Waals surface area contributed by atoms with Crippen molar-refractivity contribution in [2.24, 2.45) is 0 Å². The number of ether oxygens (including phenoxy) is 1. The van der Waals surface area contributed by atoms with Gasteiger partial charge in [-0.2, -0.15) is 13.2 Å². The van der Waals surface area contributed by atoms with Crippen LogP contribution in [0.4, 0.5) is 13.2 Å². The zero-order valence-electron chi connectivity index (χ0n) is 15.0. The van der Waals surface area contributed by atoms with E-state index in [9.17, 15) is 13.2 Å². The van der Waals surface area contributed by atoms with Crippen LogP contribution in [0.25, 0.3) is 0 Å². The number of hydrogen-bond donors (Lipinski definition) is 2. The van der Waals surface area contributed by atoms with Crippen LogP contribution >= 0.6 is 0 Å². The highest BCUT2D eigenvalue weighted by atomic mass is 19.4. The monoisotopic (exact) mass is 361 g/mol. The third-order valence-electron chi connectivity index (χ3n) is 3.95. The van der Waals surface area contributed by atoms with Crippen LogP contribution in [0.3, 0.4) is 0 Å². The maximum absolute atomic E-state index is 13.3. The van der Waals surface area contributed by atoms with Crippen molar-refractivity contribution >= 4 is 0 Å². The van der Waals surface area contributed by atoms with E-state index in [2.05, 4.69) is 12.2 Å². The third-order valence-corrected chi connectivity index (χ3v) is 3.95. The predicted molar refractivity (Wildman–Crippen MR) is 93.7 cm³/mol. The van der Waals surface area contributed by atoms with Gasteiger partial charge in [0.1, 0.15) is 5.75 Å². The molecule has 1 aromatic rings. The van der Waals surface area contributed by atoms with Crippen molar-refractivity contribution in [2.45, 2.75) is 64.6 Å². The highest BCUT2D eigenvalue weighted by molar-refractivity contribution is 5.39. The van der Waals surface area contributed by atoms with Crippen LogP contribution < -0.4 is 10.1 Å².